The first-order valence-corrected chi connectivity index (χ1v) is 8.07. The predicted octanol–water partition coefficient (Wildman–Crippen LogP) is 2.82. The van der Waals surface area contributed by atoms with E-state index < -0.39 is 11.6 Å². The molecular weight excluding hydrogens is 320 g/mol. The first-order valence-electron chi connectivity index (χ1n) is 7.09. The van der Waals surface area contributed by atoms with Crippen molar-refractivity contribution in [3.05, 3.63) is 52.9 Å². The summed E-state index contributed by atoms with van der Waals surface area (Å²) >= 11 is 1.25. The Balaban J connectivity index is 1.76. The van der Waals surface area contributed by atoms with Gasteiger partial charge in [0.25, 0.3) is 0 Å². The highest BCUT2D eigenvalue weighted by atomic mass is 32.2. The van der Waals surface area contributed by atoms with Gasteiger partial charge in [-0.3, -0.25) is 4.79 Å². The summed E-state index contributed by atoms with van der Waals surface area (Å²) in [4.78, 5) is 20.3. The zero-order valence-corrected chi connectivity index (χ0v) is 13.7. The number of hydrogen-bond donors (Lipinski definition) is 1. The fourth-order valence-electron chi connectivity index (χ4n) is 2.04. The lowest BCUT2D eigenvalue weighted by Gasteiger charge is -2.06. The summed E-state index contributed by atoms with van der Waals surface area (Å²) in [7, 11) is 0. The third-order valence-corrected chi connectivity index (χ3v) is 3.80. The van der Waals surface area contributed by atoms with Crippen molar-refractivity contribution in [3.63, 3.8) is 0 Å². The molecule has 2 rings (SSSR count). The Labute approximate surface area is 137 Å². The van der Waals surface area contributed by atoms with Crippen LogP contribution in [0.25, 0.3) is 0 Å². The van der Waals surface area contributed by atoms with Crippen molar-refractivity contribution in [3.8, 4) is 0 Å². The SMILES string of the molecule is Cc1cc(C)nc(SCC(=O)NCCc2cc(F)cc(F)c2)n1. The fourth-order valence-corrected chi connectivity index (χ4v) is 2.82. The number of aromatic nitrogens is 2. The van der Waals surface area contributed by atoms with Gasteiger partial charge in [-0.1, -0.05) is 11.8 Å². The number of aryl methyl sites for hydroxylation is 2. The molecule has 1 aromatic heterocycles. The number of carbonyl (C=O) groups is 1. The monoisotopic (exact) mass is 337 g/mol. The molecule has 0 saturated heterocycles. The predicted molar refractivity (Wildman–Crippen MR) is 85.3 cm³/mol. The first-order chi connectivity index (χ1) is 10.9. The summed E-state index contributed by atoms with van der Waals surface area (Å²) in [6.45, 7) is 4.06. The van der Waals surface area contributed by atoms with Gasteiger partial charge in [0, 0.05) is 24.0 Å². The molecule has 4 nitrogen and oxygen atoms in total. The summed E-state index contributed by atoms with van der Waals surface area (Å²) < 4.78 is 26.1. The molecule has 0 atom stereocenters. The van der Waals surface area contributed by atoms with Gasteiger partial charge in [-0.05, 0) is 44.0 Å². The number of amides is 1. The van der Waals surface area contributed by atoms with Crippen LogP contribution in [0.2, 0.25) is 0 Å². The molecule has 0 saturated carbocycles. The summed E-state index contributed by atoms with van der Waals surface area (Å²) in [5, 5.41) is 3.27. The minimum absolute atomic E-state index is 0.172. The maximum atomic E-state index is 13.0. The second-order valence-electron chi connectivity index (χ2n) is 5.10. The number of benzene rings is 1. The fraction of sp³-hybridized carbons (Fsp3) is 0.312. The van der Waals surface area contributed by atoms with E-state index in [9.17, 15) is 13.6 Å². The van der Waals surface area contributed by atoms with Gasteiger partial charge in [-0.2, -0.15) is 0 Å². The normalized spacial score (nSPS) is 10.6. The van der Waals surface area contributed by atoms with Crippen molar-refractivity contribution in [2.75, 3.05) is 12.3 Å². The van der Waals surface area contributed by atoms with Crippen molar-refractivity contribution in [2.24, 2.45) is 0 Å². The van der Waals surface area contributed by atoms with Crippen LogP contribution < -0.4 is 5.32 Å². The molecule has 1 N–H and O–H groups in total. The zero-order valence-electron chi connectivity index (χ0n) is 12.9. The Morgan fingerprint density at radius 2 is 1.70 bits per heavy atom. The van der Waals surface area contributed by atoms with Gasteiger partial charge in [0.15, 0.2) is 5.16 Å². The number of hydrogen-bond acceptors (Lipinski definition) is 4. The Hall–Kier alpha value is -2.02. The molecule has 0 fully saturated rings. The molecular formula is C16H17F2N3OS. The summed E-state index contributed by atoms with van der Waals surface area (Å²) in [5.74, 6) is -1.21. The van der Waals surface area contributed by atoms with Crippen molar-refractivity contribution >= 4 is 17.7 Å². The number of halogens is 2. The molecule has 1 amide bonds. The Bertz CT molecular complexity index is 669. The smallest absolute Gasteiger partial charge is 0.230 e. The Morgan fingerprint density at radius 1 is 1.09 bits per heavy atom. The molecule has 0 aliphatic carbocycles. The van der Waals surface area contributed by atoms with E-state index in [0.29, 0.717) is 23.7 Å². The third-order valence-electron chi connectivity index (χ3n) is 2.95. The molecule has 1 heterocycles. The standard InChI is InChI=1S/C16H17F2N3OS/c1-10-5-11(2)21-16(20-10)23-9-15(22)19-4-3-12-6-13(17)8-14(18)7-12/h5-8H,3-4,9H2,1-2H3,(H,19,22). The molecule has 0 aliphatic heterocycles. The van der Waals surface area contributed by atoms with Gasteiger partial charge >= 0.3 is 0 Å². The molecule has 0 unspecified atom stereocenters. The molecule has 2 aromatic rings. The van der Waals surface area contributed by atoms with Crippen molar-refractivity contribution in [1.82, 2.24) is 15.3 Å². The highest BCUT2D eigenvalue weighted by Gasteiger charge is 2.06. The number of rotatable bonds is 6. The van der Waals surface area contributed by atoms with E-state index in [1.54, 1.807) is 0 Å². The van der Waals surface area contributed by atoms with E-state index >= 15 is 0 Å². The summed E-state index contributed by atoms with van der Waals surface area (Å²) in [6, 6.07) is 5.20. The van der Waals surface area contributed by atoms with Crippen LogP contribution >= 0.6 is 11.8 Å². The minimum atomic E-state index is -0.617. The molecule has 23 heavy (non-hydrogen) atoms. The van der Waals surface area contributed by atoms with E-state index in [2.05, 4.69) is 15.3 Å². The van der Waals surface area contributed by atoms with Crippen LogP contribution in [-0.4, -0.2) is 28.2 Å². The minimum Gasteiger partial charge on any atom is -0.355 e. The van der Waals surface area contributed by atoms with E-state index in [0.717, 1.165) is 17.5 Å². The quantitative estimate of drug-likeness (QED) is 0.650. The zero-order chi connectivity index (χ0) is 16.8. The largest absolute Gasteiger partial charge is 0.355 e. The van der Waals surface area contributed by atoms with E-state index in [4.69, 9.17) is 0 Å². The van der Waals surface area contributed by atoms with Crippen LogP contribution in [0.3, 0.4) is 0 Å². The van der Waals surface area contributed by atoms with E-state index in [-0.39, 0.29) is 11.7 Å². The van der Waals surface area contributed by atoms with Gasteiger partial charge in [-0.25, -0.2) is 18.7 Å². The van der Waals surface area contributed by atoms with Crippen LogP contribution in [0, 0.1) is 25.5 Å². The second kappa shape index (κ2) is 8.01. The van der Waals surface area contributed by atoms with Gasteiger partial charge in [0.1, 0.15) is 11.6 Å². The number of carbonyl (C=O) groups excluding carboxylic acids is 1. The molecule has 0 bridgehead atoms. The number of thioether (sulfide) groups is 1. The van der Waals surface area contributed by atoms with Crippen LogP contribution in [0.4, 0.5) is 8.78 Å². The average Bonchev–Trinajstić information content (AvgIpc) is 2.43. The second-order valence-corrected chi connectivity index (χ2v) is 6.04. The van der Waals surface area contributed by atoms with E-state index in [1.165, 1.54) is 23.9 Å². The Kier molecular flexibility index (Phi) is 6.04. The van der Waals surface area contributed by atoms with Gasteiger partial charge in [0.05, 0.1) is 5.75 Å². The van der Waals surface area contributed by atoms with Crippen LogP contribution in [-0.2, 0) is 11.2 Å². The molecule has 7 heteroatoms. The van der Waals surface area contributed by atoms with E-state index in [1.807, 2.05) is 19.9 Å². The topological polar surface area (TPSA) is 54.9 Å². The lowest BCUT2D eigenvalue weighted by Crippen LogP contribution is -2.27. The van der Waals surface area contributed by atoms with Crippen molar-refractivity contribution in [2.45, 2.75) is 25.4 Å². The number of nitrogens with zero attached hydrogens (tertiary/aromatic N) is 2. The maximum absolute atomic E-state index is 13.0. The molecule has 0 radical (unpaired) electrons. The van der Waals surface area contributed by atoms with Gasteiger partial charge in [-0.15, -0.1) is 0 Å². The lowest BCUT2D eigenvalue weighted by molar-refractivity contribution is -0.118. The van der Waals surface area contributed by atoms with Crippen LogP contribution in [0.5, 0.6) is 0 Å². The molecule has 122 valence electrons. The first kappa shape index (κ1) is 17.3. The maximum Gasteiger partial charge on any atom is 0.230 e. The average molecular weight is 337 g/mol. The van der Waals surface area contributed by atoms with Crippen molar-refractivity contribution < 1.29 is 13.6 Å². The molecule has 0 aliphatic rings. The lowest BCUT2D eigenvalue weighted by atomic mass is 10.1. The van der Waals surface area contributed by atoms with Gasteiger partial charge in [0.2, 0.25) is 5.91 Å². The summed E-state index contributed by atoms with van der Waals surface area (Å²) in [5.41, 5.74) is 2.22. The summed E-state index contributed by atoms with van der Waals surface area (Å²) in [6.07, 6.45) is 0.366. The van der Waals surface area contributed by atoms with Gasteiger partial charge < -0.3 is 5.32 Å². The highest BCUT2D eigenvalue weighted by Crippen LogP contribution is 2.13. The van der Waals surface area contributed by atoms with Crippen LogP contribution in [0.1, 0.15) is 17.0 Å². The molecule has 1 aromatic carbocycles. The Morgan fingerprint density at radius 3 is 2.30 bits per heavy atom. The molecule has 0 spiro atoms. The number of nitrogens with one attached hydrogen (secondary N) is 1. The van der Waals surface area contributed by atoms with Crippen LogP contribution in [0.15, 0.2) is 29.4 Å². The highest BCUT2D eigenvalue weighted by molar-refractivity contribution is 7.99. The third kappa shape index (κ3) is 5.94. The van der Waals surface area contributed by atoms with Crippen molar-refractivity contribution in [1.29, 1.82) is 0 Å².